The molecular weight excluding hydrogens is 312 g/mol. The molecule has 7 heteroatoms. The number of aromatic hydroxyl groups is 1. The third-order valence-corrected chi connectivity index (χ3v) is 3.03. The molecule has 2 rings (SSSR count). The standard InChI is InChI=1S/C17H18N2O5/c1-23-14-6-8-15(9-7-14)24-11-17(22)18-10-16(21)19-12-2-4-13(20)5-3-12/h2-9,20H,10-11H2,1H3,(H,18,22)(H,19,21). The van der Waals surface area contributed by atoms with Crippen LogP contribution in [0.2, 0.25) is 0 Å². The van der Waals surface area contributed by atoms with Crippen molar-refractivity contribution >= 4 is 17.5 Å². The van der Waals surface area contributed by atoms with Crippen LogP contribution >= 0.6 is 0 Å². The van der Waals surface area contributed by atoms with Gasteiger partial charge in [0, 0.05) is 5.69 Å². The van der Waals surface area contributed by atoms with E-state index in [0.717, 1.165) is 0 Å². The Hall–Kier alpha value is -3.22. The minimum Gasteiger partial charge on any atom is -0.508 e. The lowest BCUT2D eigenvalue weighted by molar-refractivity contribution is -0.125. The van der Waals surface area contributed by atoms with Gasteiger partial charge in [-0.15, -0.1) is 0 Å². The average Bonchev–Trinajstić information content (AvgIpc) is 2.60. The van der Waals surface area contributed by atoms with Gasteiger partial charge in [0.2, 0.25) is 5.91 Å². The van der Waals surface area contributed by atoms with Crippen molar-refractivity contribution in [3.8, 4) is 17.2 Å². The topological polar surface area (TPSA) is 96.9 Å². The first kappa shape index (κ1) is 17.1. The van der Waals surface area contributed by atoms with Gasteiger partial charge in [-0.1, -0.05) is 0 Å². The van der Waals surface area contributed by atoms with E-state index in [1.54, 1.807) is 43.5 Å². The van der Waals surface area contributed by atoms with Crippen molar-refractivity contribution in [2.45, 2.75) is 0 Å². The number of anilines is 1. The third-order valence-electron chi connectivity index (χ3n) is 3.03. The van der Waals surface area contributed by atoms with E-state index in [1.807, 2.05) is 0 Å². The smallest absolute Gasteiger partial charge is 0.258 e. The number of nitrogens with one attached hydrogen (secondary N) is 2. The van der Waals surface area contributed by atoms with Crippen LogP contribution in [-0.2, 0) is 9.59 Å². The molecule has 0 unspecified atom stereocenters. The Morgan fingerprint density at radius 3 is 2.21 bits per heavy atom. The van der Waals surface area contributed by atoms with Gasteiger partial charge >= 0.3 is 0 Å². The number of phenols is 1. The van der Waals surface area contributed by atoms with E-state index in [-0.39, 0.29) is 24.8 Å². The minimum absolute atomic E-state index is 0.108. The van der Waals surface area contributed by atoms with Crippen molar-refractivity contribution in [3.05, 3.63) is 48.5 Å². The summed E-state index contributed by atoms with van der Waals surface area (Å²) < 4.78 is 10.3. The highest BCUT2D eigenvalue weighted by Crippen LogP contribution is 2.16. The highest BCUT2D eigenvalue weighted by atomic mass is 16.5. The zero-order valence-corrected chi connectivity index (χ0v) is 13.1. The molecule has 0 aromatic heterocycles. The van der Waals surface area contributed by atoms with Crippen molar-refractivity contribution in [2.24, 2.45) is 0 Å². The van der Waals surface area contributed by atoms with Gasteiger partial charge in [0.15, 0.2) is 6.61 Å². The van der Waals surface area contributed by atoms with E-state index in [0.29, 0.717) is 17.2 Å². The van der Waals surface area contributed by atoms with E-state index < -0.39 is 5.91 Å². The number of hydrogen-bond donors (Lipinski definition) is 3. The highest BCUT2D eigenvalue weighted by Gasteiger charge is 2.07. The maximum Gasteiger partial charge on any atom is 0.258 e. The molecule has 2 aromatic carbocycles. The van der Waals surface area contributed by atoms with Crippen LogP contribution in [0.5, 0.6) is 17.2 Å². The summed E-state index contributed by atoms with van der Waals surface area (Å²) in [5.41, 5.74) is 0.529. The van der Waals surface area contributed by atoms with Gasteiger partial charge in [-0.05, 0) is 48.5 Å². The molecule has 2 amide bonds. The maximum absolute atomic E-state index is 11.7. The van der Waals surface area contributed by atoms with E-state index >= 15 is 0 Å². The number of amides is 2. The van der Waals surface area contributed by atoms with Crippen molar-refractivity contribution < 1.29 is 24.2 Å². The van der Waals surface area contributed by atoms with Gasteiger partial charge in [0.1, 0.15) is 17.2 Å². The Labute approximate surface area is 139 Å². The summed E-state index contributed by atoms with van der Waals surface area (Å²) in [5.74, 6) is 0.541. The summed E-state index contributed by atoms with van der Waals surface area (Å²) >= 11 is 0. The first-order valence-electron chi connectivity index (χ1n) is 7.19. The van der Waals surface area contributed by atoms with E-state index in [2.05, 4.69) is 10.6 Å². The number of phenolic OH excluding ortho intramolecular Hbond substituents is 1. The van der Waals surface area contributed by atoms with Crippen LogP contribution in [0.3, 0.4) is 0 Å². The lowest BCUT2D eigenvalue weighted by atomic mass is 10.3. The zero-order chi connectivity index (χ0) is 17.4. The Kier molecular flexibility index (Phi) is 6.01. The molecule has 126 valence electrons. The second-order valence-electron chi connectivity index (χ2n) is 4.84. The molecule has 0 aliphatic rings. The number of carbonyl (C=O) groups is 2. The van der Waals surface area contributed by atoms with Crippen molar-refractivity contribution in [1.82, 2.24) is 5.32 Å². The lowest BCUT2D eigenvalue weighted by Crippen LogP contribution is -2.35. The molecule has 0 spiro atoms. The van der Waals surface area contributed by atoms with Crippen LogP contribution in [0.4, 0.5) is 5.69 Å². The predicted octanol–water partition coefficient (Wildman–Crippen LogP) is 1.53. The van der Waals surface area contributed by atoms with Gasteiger partial charge in [-0.3, -0.25) is 9.59 Å². The molecule has 0 aliphatic carbocycles. The van der Waals surface area contributed by atoms with Crippen LogP contribution in [-0.4, -0.2) is 37.2 Å². The fourth-order valence-corrected chi connectivity index (χ4v) is 1.80. The molecule has 0 aliphatic heterocycles. The normalized spacial score (nSPS) is 9.88. The number of benzene rings is 2. The van der Waals surface area contributed by atoms with Gasteiger partial charge in [-0.25, -0.2) is 0 Å². The summed E-state index contributed by atoms with van der Waals surface area (Å²) in [4.78, 5) is 23.4. The number of methoxy groups -OCH3 is 1. The molecule has 0 radical (unpaired) electrons. The SMILES string of the molecule is COc1ccc(OCC(=O)NCC(=O)Nc2ccc(O)cc2)cc1. The molecule has 0 saturated heterocycles. The number of hydrogen-bond acceptors (Lipinski definition) is 5. The molecule has 0 bridgehead atoms. The van der Waals surface area contributed by atoms with Crippen molar-refractivity contribution in [1.29, 1.82) is 0 Å². The maximum atomic E-state index is 11.7. The Balaban J connectivity index is 1.70. The van der Waals surface area contributed by atoms with Crippen molar-refractivity contribution in [2.75, 3.05) is 25.6 Å². The van der Waals surface area contributed by atoms with Crippen LogP contribution in [0.25, 0.3) is 0 Å². The molecule has 2 aromatic rings. The largest absolute Gasteiger partial charge is 0.508 e. The lowest BCUT2D eigenvalue weighted by Gasteiger charge is -2.09. The van der Waals surface area contributed by atoms with Gasteiger partial charge in [-0.2, -0.15) is 0 Å². The molecule has 0 fully saturated rings. The van der Waals surface area contributed by atoms with Gasteiger partial charge in [0.05, 0.1) is 13.7 Å². The van der Waals surface area contributed by atoms with Crippen LogP contribution < -0.4 is 20.1 Å². The van der Waals surface area contributed by atoms with Crippen LogP contribution in [0.15, 0.2) is 48.5 Å². The van der Waals surface area contributed by atoms with E-state index in [9.17, 15) is 9.59 Å². The van der Waals surface area contributed by atoms with Crippen molar-refractivity contribution in [3.63, 3.8) is 0 Å². The van der Waals surface area contributed by atoms with E-state index in [4.69, 9.17) is 14.6 Å². The van der Waals surface area contributed by atoms with Crippen LogP contribution in [0.1, 0.15) is 0 Å². The highest BCUT2D eigenvalue weighted by molar-refractivity contribution is 5.94. The Morgan fingerprint density at radius 1 is 0.958 bits per heavy atom. The minimum atomic E-state index is -0.410. The number of carbonyl (C=O) groups excluding carboxylic acids is 2. The Bertz CT molecular complexity index is 683. The summed E-state index contributed by atoms with van der Waals surface area (Å²) in [5, 5.41) is 14.2. The summed E-state index contributed by atoms with van der Waals surface area (Å²) in [7, 11) is 1.56. The Morgan fingerprint density at radius 2 is 1.58 bits per heavy atom. The molecule has 0 atom stereocenters. The second-order valence-corrected chi connectivity index (χ2v) is 4.84. The first-order chi connectivity index (χ1) is 11.6. The zero-order valence-electron chi connectivity index (χ0n) is 13.1. The van der Waals surface area contributed by atoms with E-state index in [1.165, 1.54) is 12.1 Å². The summed E-state index contributed by atoms with van der Waals surface area (Å²) in [6.45, 7) is -0.371. The predicted molar refractivity (Wildman–Crippen MR) is 88.2 cm³/mol. The molecule has 7 nitrogen and oxygen atoms in total. The second kappa shape index (κ2) is 8.42. The monoisotopic (exact) mass is 330 g/mol. The molecule has 3 N–H and O–H groups in total. The molecular formula is C17H18N2O5. The third kappa shape index (κ3) is 5.53. The van der Waals surface area contributed by atoms with Gasteiger partial charge in [0.25, 0.3) is 5.91 Å². The fourth-order valence-electron chi connectivity index (χ4n) is 1.80. The van der Waals surface area contributed by atoms with Crippen LogP contribution in [0, 0.1) is 0 Å². The fraction of sp³-hybridized carbons (Fsp3) is 0.176. The first-order valence-corrected chi connectivity index (χ1v) is 7.19. The number of rotatable bonds is 7. The molecule has 0 heterocycles. The van der Waals surface area contributed by atoms with Gasteiger partial charge < -0.3 is 25.2 Å². The number of ether oxygens (including phenoxy) is 2. The molecule has 0 saturated carbocycles. The summed E-state index contributed by atoms with van der Waals surface area (Å²) in [6.07, 6.45) is 0. The average molecular weight is 330 g/mol. The molecule has 24 heavy (non-hydrogen) atoms. The quantitative estimate of drug-likeness (QED) is 0.669. The summed E-state index contributed by atoms with van der Waals surface area (Å²) in [6, 6.07) is 12.8.